The van der Waals surface area contributed by atoms with Gasteiger partial charge in [0.25, 0.3) is 0 Å². The van der Waals surface area contributed by atoms with Crippen LogP contribution in [0.4, 0.5) is 4.79 Å². The van der Waals surface area contributed by atoms with Gasteiger partial charge in [0, 0.05) is 11.8 Å². The van der Waals surface area contributed by atoms with Gasteiger partial charge in [0.05, 0.1) is 11.4 Å². The van der Waals surface area contributed by atoms with Gasteiger partial charge in [-0.3, -0.25) is 13.8 Å². The molecule has 0 fully saturated rings. The van der Waals surface area contributed by atoms with E-state index in [-0.39, 0.29) is 12.3 Å². The largest absolute Gasteiger partial charge is 0.707 e. The number of aldehydes is 1. The normalized spacial score (nSPS) is 11.4. The minimum atomic E-state index is -1.11. The van der Waals surface area contributed by atoms with E-state index in [0.717, 1.165) is 17.1 Å². The summed E-state index contributed by atoms with van der Waals surface area (Å²) in [7, 11) is 0. The molecular formula is C20H23N2O7+. The summed E-state index contributed by atoms with van der Waals surface area (Å²) in [6, 6.07) is 8.66. The molecular weight excluding hydrogens is 380 g/mol. The van der Waals surface area contributed by atoms with Crippen LogP contribution in [0.5, 0.6) is 0 Å². The topological polar surface area (TPSA) is 108 Å². The van der Waals surface area contributed by atoms with Gasteiger partial charge in [-0.1, -0.05) is 18.2 Å². The molecule has 0 saturated heterocycles. The van der Waals surface area contributed by atoms with Crippen LogP contribution in [-0.2, 0) is 20.8 Å². The third-order valence-electron chi connectivity index (χ3n) is 3.45. The highest BCUT2D eigenvalue weighted by molar-refractivity contribution is 5.92. The fourth-order valence-electron chi connectivity index (χ4n) is 2.30. The zero-order chi connectivity index (χ0) is 21.6. The molecule has 0 aliphatic heterocycles. The van der Waals surface area contributed by atoms with Crippen molar-refractivity contribution in [1.82, 2.24) is 9.13 Å². The van der Waals surface area contributed by atoms with Gasteiger partial charge in [-0.15, -0.1) is 4.57 Å². The molecule has 154 valence electrons. The predicted octanol–water partition coefficient (Wildman–Crippen LogP) is 2.18. The molecule has 9 nitrogen and oxygen atoms in total. The second kappa shape index (κ2) is 9.13. The quantitative estimate of drug-likeness (QED) is 0.430. The molecule has 0 amide bonds. The summed E-state index contributed by atoms with van der Waals surface area (Å²) in [6.07, 6.45) is 1.11. The Morgan fingerprint density at radius 3 is 2.38 bits per heavy atom. The van der Waals surface area contributed by atoms with Crippen molar-refractivity contribution in [2.45, 2.75) is 39.8 Å². The molecule has 1 aromatic heterocycles. The van der Waals surface area contributed by atoms with E-state index in [1.807, 2.05) is 0 Å². The Bertz CT molecular complexity index is 978. The van der Waals surface area contributed by atoms with Gasteiger partial charge in [-0.2, -0.15) is 0 Å². The van der Waals surface area contributed by atoms with Gasteiger partial charge in [0.15, 0.2) is 5.69 Å². The van der Waals surface area contributed by atoms with Crippen molar-refractivity contribution in [3.63, 3.8) is 0 Å². The number of carbonyl (C=O) groups is 3. The lowest BCUT2D eigenvalue weighted by atomic mass is 10.2. The average Bonchev–Trinajstić information content (AvgIpc) is 2.96. The minimum absolute atomic E-state index is 0.126. The van der Waals surface area contributed by atoms with Crippen LogP contribution in [0, 0.1) is 0 Å². The highest BCUT2D eigenvalue weighted by Crippen LogP contribution is 2.12. The number of nitrogens with zero attached hydrogens (tertiary/aromatic N) is 2. The average molecular weight is 403 g/mol. The number of ether oxygens (including phenoxy) is 2. The highest BCUT2D eigenvalue weighted by atomic mass is 16.6. The maximum atomic E-state index is 12.6. The fourth-order valence-corrected chi connectivity index (χ4v) is 2.30. The van der Waals surface area contributed by atoms with Crippen LogP contribution in [0.3, 0.4) is 0 Å². The van der Waals surface area contributed by atoms with Crippen LogP contribution in [0.2, 0.25) is 0 Å². The van der Waals surface area contributed by atoms with Gasteiger partial charge in [-0.05, 0) is 39.8 Å². The van der Waals surface area contributed by atoms with Gasteiger partial charge < -0.3 is 9.47 Å². The Balaban J connectivity index is 2.43. The molecule has 0 bridgehead atoms. The monoisotopic (exact) mass is 403 g/mol. The van der Waals surface area contributed by atoms with Crippen molar-refractivity contribution in [3.05, 3.63) is 58.3 Å². The first-order chi connectivity index (χ1) is 13.6. The van der Waals surface area contributed by atoms with Crippen molar-refractivity contribution in [2.24, 2.45) is 0 Å². The number of esters is 2. The standard InChI is InChI=1S/C20H23N2O7/c1-5-27-16(23)12-21-11-15(17(24)29-20(2,3)4)22(18(21)25)19(26)28-13-14-9-7-6-8-10-14/h6-11,13H,5,12H2,1-4H3/q+1. The molecule has 2 rings (SSSR count). The lowest BCUT2D eigenvalue weighted by molar-refractivity contribution is -0.151. The van der Waals surface area contributed by atoms with Crippen LogP contribution in [0.25, 0.3) is 0 Å². The Morgan fingerprint density at radius 2 is 1.79 bits per heavy atom. The summed E-state index contributed by atoms with van der Waals surface area (Å²) in [5.74, 6) is -1.60. The first-order valence-corrected chi connectivity index (χ1v) is 8.92. The van der Waals surface area contributed by atoms with E-state index in [2.05, 4.69) is 0 Å². The summed E-state index contributed by atoms with van der Waals surface area (Å²) in [5, 5.41) is 0. The Kier molecular flexibility index (Phi) is 6.87. The van der Waals surface area contributed by atoms with Gasteiger partial charge >= 0.3 is 23.7 Å². The van der Waals surface area contributed by atoms with E-state index < -0.39 is 35.9 Å². The molecule has 0 atom stereocenters. The smallest absolute Gasteiger partial charge is 0.465 e. The Labute approximate surface area is 167 Å². The first-order valence-electron chi connectivity index (χ1n) is 8.92. The lowest BCUT2D eigenvalue weighted by Crippen LogP contribution is -2.33. The Hall–Kier alpha value is -3.49. The summed E-state index contributed by atoms with van der Waals surface area (Å²) >= 11 is 0. The van der Waals surface area contributed by atoms with Crippen LogP contribution >= 0.6 is 0 Å². The molecule has 0 saturated carbocycles. The molecule has 0 unspecified atom stereocenters. The van der Waals surface area contributed by atoms with Crippen molar-refractivity contribution < 1.29 is 28.3 Å². The molecule has 0 aliphatic rings. The summed E-state index contributed by atoms with van der Waals surface area (Å²) in [5.41, 5.74) is -1.56. The predicted molar refractivity (Wildman–Crippen MR) is 103 cm³/mol. The molecule has 0 spiro atoms. The van der Waals surface area contributed by atoms with Crippen molar-refractivity contribution in [1.29, 1.82) is 0 Å². The summed E-state index contributed by atoms with van der Waals surface area (Å²) in [6.45, 7) is 6.21. The van der Waals surface area contributed by atoms with Gasteiger partial charge in [0.2, 0.25) is 6.29 Å². The molecule has 1 heterocycles. The maximum Gasteiger partial charge on any atom is 0.707 e. The summed E-state index contributed by atoms with van der Waals surface area (Å²) < 4.78 is 16.5. The second-order valence-electron chi connectivity index (χ2n) is 6.98. The first kappa shape index (κ1) is 21.8. The molecule has 1 aromatic carbocycles. The van der Waals surface area contributed by atoms with E-state index in [0.29, 0.717) is 10.1 Å². The number of rotatable bonds is 5. The van der Waals surface area contributed by atoms with Crippen molar-refractivity contribution >= 4 is 24.3 Å². The molecule has 29 heavy (non-hydrogen) atoms. The zero-order valence-electron chi connectivity index (χ0n) is 16.7. The number of aromatic nitrogens is 2. The Morgan fingerprint density at radius 1 is 1.14 bits per heavy atom. The third-order valence-corrected chi connectivity index (χ3v) is 3.45. The van der Waals surface area contributed by atoms with E-state index in [1.165, 1.54) is 0 Å². The van der Waals surface area contributed by atoms with Crippen LogP contribution in [-0.4, -0.2) is 45.7 Å². The molecule has 2 aromatic rings. The van der Waals surface area contributed by atoms with Crippen molar-refractivity contribution in [2.75, 3.05) is 6.61 Å². The SMILES string of the molecule is CCOC(=O)Cn1cc(C(=O)OC(C)(C)C)n(C(=O)[O+]=Cc2ccccc2)c1=O. The highest BCUT2D eigenvalue weighted by Gasteiger charge is 2.33. The maximum absolute atomic E-state index is 12.6. The number of hydrogen-bond acceptors (Lipinski definition) is 6. The molecule has 0 aliphatic carbocycles. The van der Waals surface area contributed by atoms with Gasteiger partial charge in [0.1, 0.15) is 12.1 Å². The number of imidazole rings is 1. The van der Waals surface area contributed by atoms with E-state index in [1.54, 1.807) is 58.0 Å². The third kappa shape index (κ3) is 6.00. The van der Waals surface area contributed by atoms with Crippen molar-refractivity contribution in [3.8, 4) is 0 Å². The fraction of sp³-hybridized carbons (Fsp3) is 0.350. The number of benzene rings is 1. The van der Waals surface area contributed by atoms with E-state index in [4.69, 9.17) is 13.9 Å². The van der Waals surface area contributed by atoms with E-state index in [9.17, 15) is 19.2 Å². The molecule has 0 radical (unpaired) electrons. The minimum Gasteiger partial charge on any atom is -0.465 e. The van der Waals surface area contributed by atoms with Gasteiger partial charge in [-0.25, -0.2) is 9.59 Å². The number of hydrogen-bond donors (Lipinski definition) is 0. The molecule has 9 heteroatoms. The zero-order valence-corrected chi connectivity index (χ0v) is 16.7. The summed E-state index contributed by atoms with van der Waals surface area (Å²) in [4.78, 5) is 49.4. The van der Waals surface area contributed by atoms with Crippen LogP contribution < -0.4 is 5.69 Å². The van der Waals surface area contributed by atoms with Crippen LogP contribution in [0.15, 0.2) is 41.3 Å². The van der Waals surface area contributed by atoms with Crippen LogP contribution in [0.1, 0.15) is 48.2 Å². The lowest BCUT2D eigenvalue weighted by Gasteiger charge is -2.18. The van der Waals surface area contributed by atoms with E-state index >= 15 is 0 Å². The molecule has 0 N–H and O–H groups in total. The second-order valence-corrected chi connectivity index (χ2v) is 6.98. The number of carbonyl (C=O) groups excluding carboxylic acids is 4.